The number of aryl methyl sites for hydroxylation is 1. The number of fused-ring (bicyclic) bond motifs is 2. The first-order valence-electron chi connectivity index (χ1n) is 12.0. The molecular weight excluding hydrogens is 485 g/mol. The molecule has 5 rings (SSSR count). The van der Waals surface area contributed by atoms with E-state index in [1.807, 2.05) is 13.8 Å². The van der Waals surface area contributed by atoms with Crippen LogP contribution in [0.15, 0.2) is 42.5 Å². The number of rotatable bonds is 4. The third-order valence-electron chi connectivity index (χ3n) is 7.01. The smallest absolute Gasteiger partial charge is 0.382 e. The third-order valence-corrected chi connectivity index (χ3v) is 7.01. The largest absolute Gasteiger partial charge is 0.433 e. The number of Topliss-reactive ketones (excluding diaryl/α,β-unsaturated/α-hetero) is 1. The Morgan fingerprint density at radius 2 is 1.95 bits per heavy atom. The van der Waals surface area contributed by atoms with Crippen LogP contribution in [-0.4, -0.2) is 34.2 Å². The number of hydrogen-bond acceptors (Lipinski definition) is 5. The summed E-state index contributed by atoms with van der Waals surface area (Å²) in [7, 11) is 0. The summed E-state index contributed by atoms with van der Waals surface area (Å²) in [4.78, 5) is 40.8. The van der Waals surface area contributed by atoms with Gasteiger partial charge >= 0.3 is 6.18 Å². The molecule has 0 bridgehead atoms. The summed E-state index contributed by atoms with van der Waals surface area (Å²) < 4.78 is 40.6. The molecule has 3 N–H and O–H groups in total. The Morgan fingerprint density at radius 3 is 2.70 bits per heavy atom. The fraction of sp³-hybridized carbons (Fsp3) is 0.333. The highest BCUT2D eigenvalue weighted by atomic mass is 19.4. The number of para-hydroxylation sites is 1. The van der Waals surface area contributed by atoms with Crippen molar-refractivity contribution in [1.82, 2.24) is 10.3 Å². The molecule has 1 fully saturated rings. The van der Waals surface area contributed by atoms with Crippen molar-refractivity contribution >= 4 is 39.9 Å². The van der Waals surface area contributed by atoms with E-state index < -0.39 is 35.0 Å². The zero-order valence-electron chi connectivity index (χ0n) is 20.3. The van der Waals surface area contributed by atoms with E-state index in [4.69, 9.17) is 0 Å². The van der Waals surface area contributed by atoms with E-state index in [0.29, 0.717) is 30.3 Å². The highest BCUT2D eigenvalue weighted by Gasteiger charge is 2.37. The Hall–Kier alpha value is -3.95. The van der Waals surface area contributed by atoms with Gasteiger partial charge in [0.15, 0.2) is 0 Å². The summed E-state index contributed by atoms with van der Waals surface area (Å²) >= 11 is 0. The highest BCUT2D eigenvalue weighted by Crippen LogP contribution is 2.36. The van der Waals surface area contributed by atoms with E-state index in [-0.39, 0.29) is 28.4 Å². The van der Waals surface area contributed by atoms with Gasteiger partial charge < -0.3 is 16.0 Å². The molecule has 37 heavy (non-hydrogen) atoms. The number of hydrogen-bond donors (Lipinski definition) is 3. The lowest BCUT2D eigenvalue weighted by atomic mass is 9.80. The van der Waals surface area contributed by atoms with E-state index in [1.165, 1.54) is 6.07 Å². The summed E-state index contributed by atoms with van der Waals surface area (Å²) in [6.45, 7) is 3.76. The lowest BCUT2D eigenvalue weighted by Crippen LogP contribution is -2.51. The van der Waals surface area contributed by atoms with Crippen molar-refractivity contribution < 1.29 is 27.6 Å². The van der Waals surface area contributed by atoms with Crippen molar-refractivity contribution in [3.05, 3.63) is 64.8 Å². The van der Waals surface area contributed by atoms with Crippen LogP contribution in [0.5, 0.6) is 0 Å². The van der Waals surface area contributed by atoms with Crippen molar-refractivity contribution in [2.24, 2.45) is 0 Å². The molecule has 0 radical (unpaired) electrons. The van der Waals surface area contributed by atoms with Crippen molar-refractivity contribution in [3.63, 3.8) is 0 Å². The molecule has 1 unspecified atom stereocenters. The number of carbonyl (C=O) groups excluding carboxylic acids is 3. The number of pyridine rings is 1. The maximum Gasteiger partial charge on any atom is 0.433 e. The molecule has 0 spiro atoms. The fourth-order valence-corrected chi connectivity index (χ4v) is 5.25. The normalized spacial score (nSPS) is 21.5. The standard InChI is InChI=1S/C27H25F3N4O3/c1-14-8-9-19-18(11-14)20(12-21(32-19)27(28,29)30)31-15-5-4-10-26(2,13-15)34-24(36)17-7-3-6-16-22(17)33-25(37)23(16)35/h3,6-9,11-12,15H,4-5,10,13H2,1-2H3,(H,31,32)(H,34,36)(H,33,35,37)/t15-,26?/m0/s1. The first kappa shape index (κ1) is 24.7. The second-order valence-corrected chi connectivity index (χ2v) is 10.0. The predicted octanol–water partition coefficient (Wildman–Crippen LogP) is 5.24. The Bertz CT molecular complexity index is 1450. The Balaban J connectivity index is 1.39. The Morgan fingerprint density at radius 1 is 1.16 bits per heavy atom. The molecule has 0 saturated heterocycles. The van der Waals surface area contributed by atoms with Crippen LogP contribution >= 0.6 is 0 Å². The molecule has 2 aromatic carbocycles. The number of benzene rings is 2. The summed E-state index contributed by atoms with van der Waals surface area (Å²) in [6.07, 6.45) is -1.99. The van der Waals surface area contributed by atoms with Gasteiger partial charge in [0.25, 0.3) is 17.6 Å². The van der Waals surface area contributed by atoms with Gasteiger partial charge in [0.1, 0.15) is 5.69 Å². The van der Waals surface area contributed by atoms with Crippen LogP contribution in [-0.2, 0) is 11.0 Å². The molecule has 7 nitrogen and oxygen atoms in total. The van der Waals surface area contributed by atoms with Crippen molar-refractivity contribution in [2.45, 2.75) is 57.3 Å². The average Bonchev–Trinajstić information content (AvgIpc) is 3.12. The van der Waals surface area contributed by atoms with Crippen molar-refractivity contribution in [1.29, 1.82) is 0 Å². The molecule has 1 saturated carbocycles. The van der Waals surface area contributed by atoms with Crippen molar-refractivity contribution in [2.75, 3.05) is 10.6 Å². The van der Waals surface area contributed by atoms with Crippen LogP contribution < -0.4 is 16.0 Å². The topological polar surface area (TPSA) is 100 Å². The monoisotopic (exact) mass is 510 g/mol. The van der Waals surface area contributed by atoms with Crippen molar-refractivity contribution in [3.8, 4) is 0 Å². The van der Waals surface area contributed by atoms with E-state index in [1.54, 1.807) is 30.3 Å². The zero-order chi connectivity index (χ0) is 26.5. The second-order valence-electron chi connectivity index (χ2n) is 10.0. The van der Waals surface area contributed by atoms with Gasteiger partial charge in [-0.05, 0) is 69.9 Å². The molecular formula is C27H25F3N4O3. The van der Waals surface area contributed by atoms with Crippen LogP contribution in [0.1, 0.15) is 64.6 Å². The predicted molar refractivity (Wildman–Crippen MR) is 133 cm³/mol. The molecule has 1 aliphatic heterocycles. The van der Waals surface area contributed by atoms with Crippen LogP contribution in [0.2, 0.25) is 0 Å². The minimum atomic E-state index is -4.59. The zero-order valence-corrected chi connectivity index (χ0v) is 20.3. The van der Waals surface area contributed by atoms with Gasteiger partial charge in [-0.2, -0.15) is 13.2 Å². The molecule has 1 aliphatic carbocycles. The second kappa shape index (κ2) is 8.86. The lowest BCUT2D eigenvalue weighted by molar-refractivity contribution is -0.140. The number of halogens is 3. The highest BCUT2D eigenvalue weighted by molar-refractivity contribution is 6.52. The van der Waals surface area contributed by atoms with Gasteiger partial charge in [-0.25, -0.2) is 4.98 Å². The molecule has 1 aromatic heterocycles. The molecule has 192 valence electrons. The van der Waals surface area contributed by atoms with E-state index in [9.17, 15) is 27.6 Å². The van der Waals surface area contributed by atoms with Gasteiger partial charge in [-0.3, -0.25) is 14.4 Å². The van der Waals surface area contributed by atoms with E-state index >= 15 is 0 Å². The molecule has 2 heterocycles. The SMILES string of the molecule is Cc1ccc2nc(C(F)(F)F)cc(N[C@H]3CCCC(C)(NC(=O)c4cccc5c4NC(=O)C5=O)C3)c2c1. The van der Waals surface area contributed by atoms with E-state index in [0.717, 1.165) is 18.1 Å². The number of alkyl halides is 3. The number of amides is 2. The minimum Gasteiger partial charge on any atom is -0.382 e. The van der Waals surface area contributed by atoms with Gasteiger partial charge in [-0.1, -0.05) is 17.7 Å². The Labute approximate surface area is 210 Å². The molecule has 3 aromatic rings. The molecule has 2 atom stereocenters. The maximum absolute atomic E-state index is 13.5. The number of nitrogens with one attached hydrogen (secondary N) is 3. The number of ketones is 1. The molecule has 2 amide bonds. The summed E-state index contributed by atoms with van der Waals surface area (Å²) in [5.41, 5.74) is 0.431. The van der Waals surface area contributed by atoms with Crippen LogP contribution in [0.4, 0.5) is 24.5 Å². The number of anilines is 2. The van der Waals surface area contributed by atoms with Crippen LogP contribution in [0, 0.1) is 6.92 Å². The fourth-order valence-electron chi connectivity index (χ4n) is 5.25. The average molecular weight is 511 g/mol. The first-order valence-corrected chi connectivity index (χ1v) is 12.0. The summed E-state index contributed by atoms with van der Waals surface area (Å²) in [6, 6.07) is 10.5. The molecule has 2 aliphatic rings. The minimum absolute atomic E-state index is 0.159. The van der Waals surface area contributed by atoms with E-state index in [2.05, 4.69) is 20.9 Å². The first-order chi connectivity index (χ1) is 17.4. The third kappa shape index (κ3) is 4.75. The number of nitrogens with zero attached hydrogens (tertiary/aromatic N) is 1. The number of carbonyl (C=O) groups is 3. The maximum atomic E-state index is 13.5. The lowest BCUT2D eigenvalue weighted by Gasteiger charge is -2.39. The summed E-state index contributed by atoms with van der Waals surface area (Å²) in [5.74, 6) is -1.89. The van der Waals surface area contributed by atoms with Gasteiger partial charge in [-0.15, -0.1) is 0 Å². The number of aromatic nitrogens is 1. The Kier molecular flexibility index (Phi) is 5.92. The van der Waals surface area contributed by atoms with Crippen LogP contribution in [0.25, 0.3) is 10.9 Å². The quantitative estimate of drug-likeness (QED) is 0.417. The molecule has 10 heteroatoms. The van der Waals surface area contributed by atoms with Gasteiger partial charge in [0.2, 0.25) is 0 Å². The van der Waals surface area contributed by atoms with Crippen LogP contribution in [0.3, 0.4) is 0 Å². The summed E-state index contributed by atoms with van der Waals surface area (Å²) in [5, 5.41) is 9.40. The van der Waals surface area contributed by atoms with Gasteiger partial charge in [0.05, 0.1) is 22.3 Å². The van der Waals surface area contributed by atoms with Gasteiger partial charge in [0, 0.05) is 22.7 Å².